The van der Waals surface area contributed by atoms with Crippen LogP contribution in [0.25, 0.3) is 16.7 Å². The number of halogens is 1. The van der Waals surface area contributed by atoms with Gasteiger partial charge in [0.1, 0.15) is 17.7 Å². The van der Waals surface area contributed by atoms with Crippen molar-refractivity contribution in [3.63, 3.8) is 0 Å². The molecule has 35 heavy (non-hydrogen) atoms. The Bertz CT molecular complexity index is 1290. The van der Waals surface area contributed by atoms with Crippen LogP contribution in [0.2, 0.25) is 0 Å². The van der Waals surface area contributed by atoms with Gasteiger partial charge in [0.2, 0.25) is 0 Å². The van der Waals surface area contributed by atoms with Crippen molar-refractivity contribution in [1.82, 2.24) is 24.8 Å². The number of hydrogen-bond donors (Lipinski definition) is 1. The molecule has 1 amide bonds. The van der Waals surface area contributed by atoms with Gasteiger partial charge in [0, 0.05) is 25.0 Å². The molecule has 0 unspecified atom stereocenters. The summed E-state index contributed by atoms with van der Waals surface area (Å²) in [6, 6.07) is 6.27. The van der Waals surface area contributed by atoms with E-state index in [1.807, 2.05) is 26.8 Å². The summed E-state index contributed by atoms with van der Waals surface area (Å²) in [6.45, 7) is 8.10. The SMILES string of the molecule is Cc1ccnc(Oc2ccc(-c3c(N)ncnc3C3=CCN(C(=O)OC(C)(C)C)CC3)cc2F)n1. The van der Waals surface area contributed by atoms with Crippen molar-refractivity contribution in [3.8, 4) is 22.9 Å². The fourth-order valence-corrected chi connectivity index (χ4v) is 3.62. The second-order valence-corrected chi connectivity index (χ2v) is 9.12. The molecule has 0 saturated heterocycles. The Balaban J connectivity index is 1.59. The fraction of sp³-hybridized carbons (Fsp3) is 0.320. The number of rotatable bonds is 4. The summed E-state index contributed by atoms with van der Waals surface area (Å²) < 4.78 is 25.9. The Labute approximate surface area is 202 Å². The summed E-state index contributed by atoms with van der Waals surface area (Å²) in [5.41, 5.74) is 8.84. The van der Waals surface area contributed by atoms with Gasteiger partial charge in [-0.25, -0.2) is 29.1 Å². The largest absolute Gasteiger partial charge is 0.444 e. The van der Waals surface area contributed by atoms with Crippen LogP contribution in [-0.2, 0) is 4.74 Å². The minimum atomic E-state index is -0.601. The van der Waals surface area contributed by atoms with Gasteiger partial charge in [0.15, 0.2) is 11.6 Å². The molecule has 0 radical (unpaired) electrons. The molecular weight excluding hydrogens is 451 g/mol. The van der Waals surface area contributed by atoms with Crippen LogP contribution in [0, 0.1) is 12.7 Å². The number of nitrogens with zero attached hydrogens (tertiary/aromatic N) is 5. The van der Waals surface area contributed by atoms with E-state index in [4.69, 9.17) is 15.2 Å². The van der Waals surface area contributed by atoms with Gasteiger partial charge in [-0.1, -0.05) is 12.1 Å². The first kappa shape index (κ1) is 24.1. The first-order chi connectivity index (χ1) is 16.6. The smallest absolute Gasteiger partial charge is 0.410 e. The van der Waals surface area contributed by atoms with Crippen molar-refractivity contribution in [3.05, 3.63) is 60.1 Å². The summed E-state index contributed by atoms with van der Waals surface area (Å²) >= 11 is 0. The van der Waals surface area contributed by atoms with E-state index in [-0.39, 0.29) is 23.7 Å². The third-order valence-corrected chi connectivity index (χ3v) is 5.24. The fourth-order valence-electron chi connectivity index (χ4n) is 3.62. The molecule has 3 heterocycles. The zero-order valence-electron chi connectivity index (χ0n) is 20.1. The van der Waals surface area contributed by atoms with E-state index in [1.165, 1.54) is 18.5 Å². The zero-order valence-corrected chi connectivity index (χ0v) is 20.1. The number of ether oxygens (including phenoxy) is 2. The molecule has 1 aliphatic rings. The van der Waals surface area contributed by atoms with Crippen molar-refractivity contribution < 1.29 is 18.7 Å². The van der Waals surface area contributed by atoms with Crippen molar-refractivity contribution >= 4 is 17.5 Å². The average Bonchev–Trinajstić information content (AvgIpc) is 2.79. The third kappa shape index (κ3) is 5.71. The monoisotopic (exact) mass is 478 g/mol. The quantitative estimate of drug-likeness (QED) is 0.569. The predicted octanol–water partition coefficient (Wildman–Crippen LogP) is 4.78. The minimum Gasteiger partial charge on any atom is -0.444 e. The number of benzene rings is 1. The molecule has 4 rings (SSSR count). The van der Waals surface area contributed by atoms with E-state index >= 15 is 0 Å². The normalized spacial score (nSPS) is 13.9. The molecule has 9 nitrogen and oxygen atoms in total. The highest BCUT2D eigenvalue weighted by Gasteiger charge is 2.26. The maximum absolute atomic E-state index is 15.0. The number of hydrogen-bond acceptors (Lipinski definition) is 8. The number of carbonyl (C=O) groups is 1. The first-order valence-corrected chi connectivity index (χ1v) is 11.2. The first-order valence-electron chi connectivity index (χ1n) is 11.2. The number of nitrogen functional groups attached to an aromatic ring is 1. The summed E-state index contributed by atoms with van der Waals surface area (Å²) in [5.74, 6) is -0.391. The number of amides is 1. The van der Waals surface area contributed by atoms with Crippen LogP contribution in [0.3, 0.4) is 0 Å². The summed E-state index contributed by atoms with van der Waals surface area (Å²) in [7, 11) is 0. The number of anilines is 1. The Morgan fingerprint density at radius 3 is 2.63 bits per heavy atom. The van der Waals surface area contributed by atoms with Gasteiger partial charge >= 0.3 is 12.1 Å². The topological polar surface area (TPSA) is 116 Å². The maximum Gasteiger partial charge on any atom is 0.410 e. The van der Waals surface area contributed by atoms with Crippen LogP contribution in [0.15, 0.2) is 42.9 Å². The van der Waals surface area contributed by atoms with Gasteiger partial charge in [0.25, 0.3) is 0 Å². The van der Waals surface area contributed by atoms with E-state index in [0.29, 0.717) is 42.0 Å². The van der Waals surface area contributed by atoms with Crippen LogP contribution < -0.4 is 10.5 Å². The molecule has 1 aromatic carbocycles. The lowest BCUT2D eigenvalue weighted by molar-refractivity contribution is 0.0270. The molecule has 3 aromatic rings. The minimum absolute atomic E-state index is 0.0128. The molecule has 0 saturated carbocycles. The maximum atomic E-state index is 15.0. The second-order valence-electron chi connectivity index (χ2n) is 9.12. The Morgan fingerprint density at radius 1 is 1.17 bits per heavy atom. The summed E-state index contributed by atoms with van der Waals surface area (Å²) in [6.07, 6.45) is 4.99. The highest BCUT2D eigenvalue weighted by molar-refractivity contribution is 5.86. The van der Waals surface area contributed by atoms with Crippen molar-refractivity contribution in [2.24, 2.45) is 0 Å². The van der Waals surface area contributed by atoms with Crippen LogP contribution in [0.4, 0.5) is 15.0 Å². The van der Waals surface area contributed by atoms with Gasteiger partial charge in [-0.05, 0) is 63.5 Å². The second kappa shape index (κ2) is 9.65. The lowest BCUT2D eigenvalue weighted by atomic mass is 9.96. The van der Waals surface area contributed by atoms with Gasteiger partial charge in [-0.15, -0.1) is 0 Å². The third-order valence-electron chi connectivity index (χ3n) is 5.24. The zero-order chi connectivity index (χ0) is 25.2. The van der Waals surface area contributed by atoms with E-state index in [2.05, 4.69) is 19.9 Å². The molecule has 0 bridgehead atoms. The van der Waals surface area contributed by atoms with Gasteiger partial charge in [0.05, 0.1) is 11.3 Å². The molecular formula is C25H27FN6O3. The van der Waals surface area contributed by atoms with Crippen LogP contribution >= 0.6 is 0 Å². The number of aryl methyl sites for hydroxylation is 1. The number of aromatic nitrogens is 4. The van der Waals surface area contributed by atoms with Crippen molar-refractivity contribution in [1.29, 1.82) is 0 Å². The molecule has 2 aromatic heterocycles. The van der Waals surface area contributed by atoms with E-state index < -0.39 is 11.4 Å². The average molecular weight is 479 g/mol. The van der Waals surface area contributed by atoms with Gasteiger partial charge < -0.3 is 20.1 Å². The van der Waals surface area contributed by atoms with E-state index in [9.17, 15) is 9.18 Å². The van der Waals surface area contributed by atoms with E-state index in [1.54, 1.807) is 30.2 Å². The van der Waals surface area contributed by atoms with Crippen molar-refractivity contribution in [2.45, 2.75) is 39.7 Å². The highest BCUT2D eigenvalue weighted by Crippen LogP contribution is 2.36. The molecule has 0 aliphatic carbocycles. The molecule has 0 spiro atoms. The van der Waals surface area contributed by atoms with Crippen molar-refractivity contribution in [2.75, 3.05) is 18.8 Å². The molecule has 2 N–H and O–H groups in total. The van der Waals surface area contributed by atoms with Gasteiger partial charge in [-0.3, -0.25) is 0 Å². The molecule has 0 atom stereocenters. The Hall–Kier alpha value is -4.08. The Kier molecular flexibility index (Phi) is 6.63. The van der Waals surface area contributed by atoms with Gasteiger partial charge in [-0.2, -0.15) is 0 Å². The summed E-state index contributed by atoms with van der Waals surface area (Å²) in [4.78, 5) is 30.7. The predicted molar refractivity (Wildman–Crippen MR) is 129 cm³/mol. The van der Waals surface area contributed by atoms with Crippen LogP contribution in [0.1, 0.15) is 38.6 Å². The standard InChI is InChI=1S/C25H27FN6O3/c1-15-7-10-28-23(31-15)34-19-6-5-17(13-18(19)26)20-21(29-14-30-22(20)27)16-8-11-32(12-9-16)24(33)35-25(2,3)4/h5-8,10,13-14H,9,11-12H2,1-4H3,(H2,27,29,30). The number of nitrogens with two attached hydrogens (primary N) is 1. The molecule has 10 heteroatoms. The Morgan fingerprint density at radius 2 is 1.97 bits per heavy atom. The molecule has 0 fully saturated rings. The van der Waals surface area contributed by atoms with E-state index in [0.717, 1.165) is 5.57 Å². The lowest BCUT2D eigenvalue weighted by Crippen LogP contribution is -2.39. The molecule has 182 valence electrons. The number of carbonyl (C=O) groups excluding carboxylic acids is 1. The lowest BCUT2D eigenvalue weighted by Gasteiger charge is -2.29. The van der Waals surface area contributed by atoms with Crippen LogP contribution in [-0.4, -0.2) is 49.6 Å². The highest BCUT2D eigenvalue weighted by atomic mass is 19.1. The summed E-state index contributed by atoms with van der Waals surface area (Å²) in [5, 5.41) is 0. The van der Waals surface area contributed by atoms with Crippen LogP contribution in [0.5, 0.6) is 11.8 Å². The molecule has 1 aliphatic heterocycles.